The van der Waals surface area contributed by atoms with Gasteiger partial charge in [0.25, 0.3) is 5.91 Å². The van der Waals surface area contributed by atoms with E-state index in [1.807, 2.05) is 4.90 Å². The largest absolute Gasteiger partial charge is 0.497 e. The lowest BCUT2D eigenvalue weighted by molar-refractivity contribution is -0.164. The first-order valence-electron chi connectivity index (χ1n) is 13.9. The lowest BCUT2D eigenvalue weighted by Crippen LogP contribution is -2.63. The van der Waals surface area contributed by atoms with E-state index in [9.17, 15) is 13.2 Å². The van der Waals surface area contributed by atoms with Gasteiger partial charge in [0.05, 0.1) is 12.0 Å². The summed E-state index contributed by atoms with van der Waals surface area (Å²) < 4.78 is 41.5. The van der Waals surface area contributed by atoms with Gasteiger partial charge in [-0.3, -0.25) is 9.69 Å². The van der Waals surface area contributed by atoms with Gasteiger partial charge in [-0.15, -0.1) is 0 Å². The number of rotatable bonds is 8. The summed E-state index contributed by atoms with van der Waals surface area (Å²) in [5, 5.41) is 0. The lowest BCUT2D eigenvalue weighted by atomic mass is 9.64. The van der Waals surface area contributed by atoms with Crippen LogP contribution in [0.3, 0.4) is 0 Å². The summed E-state index contributed by atoms with van der Waals surface area (Å²) in [6.45, 7) is 7.54. The Kier molecular flexibility index (Phi) is 8.88. The highest BCUT2D eigenvalue weighted by Crippen LogP contribution is 2.47. The molecule has 1 N–H and O–H groups in total. The molecule has 1 aliphatic heterocycles. The fraction of sp³-hybridized carbons (Fsp3) is 0.750. The number of carbonyl (C=O) groups is 1. The number of carbonyl (C=O) groups excluding carboxylic acids is 1. The van der Waals surface area contributed by atoms with Gasteiger partial charge < -0.3 is 14.4 Å². The number of nitrogens with one attached hydrogen (secondary N) is 1. The molecule has 2 aliphatic carbocycles. The van der Waals surface area contributed by atoms with Crippen LogP contribution in [0.25, 0.3) is 0 Å². The van der Waals surface area contributed by atoms with Crippen LogP contribution < -0.4 is 9.46 Å². The van der Waals surface area contributed by atoms with Crippen molar-refractivity contribution in [1.29, 1.82) is 0 Å². The molecular weight excluding hydrogens is 490 g/mol. The second-order valence-electron chi connectivity index (χ2n) is 11.4. The maximum Gasteiger partial charge on any atom is 0.254 e. The summed E-state index contributed by atoms with van der Waals surface area (Å²) in [5.41, 5.74) is -1.46. The van der Waals surface area contributed by atoms with Crippen LogP contribution in [0.1, 0.15) is 71.6 Å². The van der Waals surface area contributed by atoms with Crippen LogP contribution in [0.5, 0.6) is 5.75 Å². The highest BCUT2D eigenvalue weighted by molar-refractivity contribution is 7.89. The van der Waals surface area contributed by atoms with Crippen LogP contribution in [0.15, 0.2) is 29.2 Å². The first-order chi connectivity index (χ1) is 17.6. The normalized spacial score (nSPS) is 28.4. The van der Waals surface area contributed by atoms with E-state index in [1.54, 1.807) is 38.5 Å². The van der Waals surface area contributed by atoms with Crippen molar-refractivity contribution in [3.8, 4) is 5.75 Å². The molecule has 1 aromatic rings. The molecule has 0 bridgehead atoms. The third-order valence-electron chi connectivity index (χ3n) is 9.16. The summed E-state index contributed by atoms with van der Waals surface area (Å²) in [7, 11) is -0.538. The van der Waals surface area contributed by atoms with Crippen molar-refractivity contribution >= 4 is 15.9 Å². The molecule has 0 radical (unpaired) electrons. The molecule has 0 aromatic heterocycles. The SMILES string of the molecule is COc1ccc(S(=O)(=O)N[C@]2(C3CCCCC3)CC[C@](OC)(C(=O)N3CCN(C(C)C)CC3)CC2)cc1. The Hall–Kier alpha value is -1.68. The fourth-order valence-corrected chi connectivity index (χ4v) is 8.18. The molecule has 0 atom stereocenters. The summed E-state index contributed by atoms with van der Waals surface area (Å²) in [6, 6.07) is 7.02. The van der Waals surface area contributed by atoms with Gasteiger partial charge in [0.1, 0.15) is 11.4 Å². The minimum absolute atomic E-state index is 0.0636. The molecule has 4 rings (SSSR count). The molecule has 1 amide bonds. The summed E-state index contributed by atoms with van der Waals surface area (Å²) >= 11 is 0. The molecule has 9 heteroatoms. The summed E-state index contributed by atoms with van der Waals surface area (Å²) in [4.78, 5) is 18.4. The van der Waals surface area contributed by atoms with E-state index < -0.39 is 21.2 Å². The van der Waals surface area contributed by atoms with E-state index in [0.29, 0.717) is 50.6 Å². The van der Waals surface area contributed by atoms with Crippen molar-refractivity contribution in [2.24, 2.45) is 5.92 Å². The predicted molar refractivity (Wildman–Crippen MR) is 144 cm³/mol. The average Bonchev–Trinajstić information content (AvgIpc) is 2.93. The average molecular weight is 536 g/mol. The molecule has 2 saturated carbocycles. The topological polar surface area (TPSA) is 88.2 Å². The van der Waals surface area contributed by atoms with Crippen molar-refractivity contribution in [1.82, 2.24) is 14.5 Å². The van der Waals surface area contributed by atoms with Gasteiger partial charge in [0, 0.05) is 44.9 Å². The number of nitrogens with zero attached hydrogens (tertiary/aromatic N) is 2. The molecule has 1 heterocycles. The smallest absolute Gasteiger partial charge is 0.254 e. The molecule has 3 fully saturated rings. The van der Waals surface area contributed by atoms with Crippen LogP contribution in [0.2, 0.25) is 0 Å². The number of hydrogen-bond donors (Lipinski definition) is 1. The van der Waals surface area contributed by atoms with E-state index in [2.05, 4.69) is 23.5 Å². The predicted octanol–water partition coefficient (Wildman–Crippen LogP) is 3.80. The standard InChI is InChI=1S/C28H45N3O5S/c1-22(2)30-18-20-31(21-19-30)26(32)28(36-4)16-14-27(15-17-28,23-8-6-5-7-9-23)29-37(33,34)25-12-10-24(35-3)11-13-25/h10-13,22-23,29H,5-9,14-21H2,1-4H3/t27-,28-. The van der Waals surface area contributed by atoms with Crippen LogP contribution in [-0.4, -0.2) is 81.7 Å². The quantitative estimate of drug-likeness (QED) is 0.545. The Labute approximate surface area is 223 Å². The van der Waals surface area contributed by atoms with E-state index in [0.717, 1.165) is 38.8 Å². The van der Waals surface area contributed by atoms with E-state index in [-0.39, 0.29) is 16.7 Å². The summed E-state index contributed by atoms with van der Waals surface area (Å²) in [6.07, 6.45) is 7.68. The zero-order valence-corrected chi connectivity index (χ0v) is 23.8. The molecule has 1 saturated heterocycles. The van der Waals surface area contributed by atoms with Gasteiger partial charge in [-0.25, -0.2) is 13.1 Å². The minimum atomic E-state index is -3.74. The fourth-order valence-electron chi connectivity index (χ4n) is 6.67. The van der Waals surface area contributed by atoms with Crippen LogP contribution >= 0.6 is 0 Å². The third kappa shape index (κ3) is 6.00. The number of benzene rings is 1. The molecule has 37 heavy (non-hydrogen) atoms. The van der Waals surface area contributed by atoms with Crippen molar-refractivity contribution in [2.45, 2.75) is 93.7 Å². The molecule has 8 nitrogen and oxygen atoms in total. The third-order valence-corrected chi connectivity index (χ3v) is 10.7. The zero-order chi connectivity index (χ0) is 26.7. The van der Waals surface area contributed by atoms with Crippen molar-refractivity contribution in [3.63, 3.8) is 0 Å². The Balaban J connectivity index is 1.53. The van der Waals surface area contributed by atoms with Gasteiger partial charge in [-0.1, -0.05) is 19.3 Å². The van der Waals surface area contributed by atoms with Crippen molar-refractivity contribution in [2.75, 3.05) is 40.4 Å². The van der Waals surface area contributed by atoms with Crippen LogP contribution in [0, 0.1) is 5.92 Å². The number of amides is 1. The maximum atomic E-state index is 13.8. The van der Waals surface area contributed by atoms with Gasteiger partial charge in [0.2, 0.25) is 10.0 Å². The number of piperazine rings is 1. The Bertz CT molecular complexity index is 1000. The highest BCUT2D eigenvalue weighted by atomic mass is 32.2. The van der Waals surface area contributed by atoms with E-state index >= 15 is 0 Å². The van der Waals surface area contributed by atoms with Gasteiger partial charge >= 0.3 is 0 Å². The molecule has 0 unspecified atom stereocenters. The number of sulfonamides is 1. The zero-order valence-electron chi connectivity index (χ0n) is 23.0. The van der Waals surface area contributed by atoms with Gasteiger partial charge in [-0.05, 0) is 82.6 Å². The second kappa shape index (κ2) is 11.6. The van der Waals surface area contributed by atoms with Gasteiger partial charge in [-0.2, -0.15) is 0 Å². The van der Waals surface area contributed by atoms with Crippen LogP contribution in [-0.2, 0) is 19.6 Å². The van der Waals surface area contributed by atoms with E-state index in [1.165, 1.54) is 6.42 Å². The van der Waals surface area contributed by atoms with Crippen molar-refractivity contribution in [3.05, 3.63) is 24.3 Å². The Morgan fingerprint density at radius 2 is 1.54 bits per heavy atom. The monoisotopic (exact) mass is 535 g/mol. The lowest BCUT2D eigenvalue weighted by Gasteiger charge is -2.51. The summed E-state index contributed by atoms with van der Waals surface area (Å²) in [5.74, 6) is 0.943. The molecule has 1 aromatic carbocycles. The van der Waals surface area contributed by atoms with E-state index in [4.69, 9.17) is 9.47 Å². The molecule has 0 spiro atoms. The van der Waals surface area contributed by atoms with Crippen LogP contribution in [0.4, 0.5) is 0 Å². The molecule has 3 aliphatic rings. The second-order valence-corrected chi connectivity index (χ2v) is 13.1. The molecule has 208 valence electrons. The maximum absolute atomic E-state index is 13.8. The number of hydrogen-bond acceptors (Lipinski definition) is 6. The first kappa shape index (κ1) is 28.3. The highest BCUT2D eigenvalue weighted by Gasteiger charge is 2.53. The minimum Gasteiger partial charge on any atom is -0.497 e. The molecular formula is C28H45N3O5S. The Morgan fingerprint density at radius 1 is 0.946 bits per heavy atom. The van der Waals surface area contributed by atoms with Gasteiger partial charge in [0.15, 0.2) is 0 Å². The first-order valence-corrected chi connectivity index (χ1v) is 15.4. The Morgan fingerprint density at radius 3 is 2.05 bits per heavy atom. The van der Waals surface area contributed by atoms with Crippen molar-refractivity contribution < 1.29 is 22.7 Å². The number of methoxy groups -OCH3 is 2. The number of ether oxygens (including phenoxy) is 2.